The van der Waals surface area contributed by atoms with E-state index < -0.39 is 20.9 Å². The molecule has 0 aliphatic rings. The molecule has 0 aromatic rings. The molecule has 162 valence electrons. The van der Waals surface area contributed by atoms with Gasteiger partial charge in [0.05, 0.1) is 0 Å². The summed E-state index contributed by atoms with van der Waals surface area (Å²) < 4.78 is 22.6. The highest BCUT2D eigenvalue weighted by Gasteiger charge is 2.28. The van der Waals surface area contributed by atoms with E-state index >= 15 is 0 Å². The molecule has 28 heavy (non-hydrogen) atoms. The monoisotopic (exact) mass is 432 g/mol. The van der Waals surface area contributed by atoms with E-state index in [0.29, 0.717) is 6.42 Å². The van der Waals surface area contributed by atoms with Crippen molar-refractivity contribution in [1.29, 1.82) is 0 Å². The molecule has 0 spiro atoms. The molecular formula is C21H38O5P2. The van der Waals surface area contributed by atoms with E-state index in [-0.39, 0.29) is 6.16 Å². The smallest absolute Gasteiger partial charge is 0.335 e. The zero-order valence-corrected chi connectivity index (χ0v) is 19.6. The molecule has 3 N–H and O–H groups in total. The summed E-state index contributed by atoms with van der Waals surface area (Å²) >= 11 is 0. The molecule has 0 bridgehead atoms. The Hall–Kier alpha value is -0.700. The van der Waals surface area contributed by atoms with Crippen LogP contribution in [-0.2, 0) is 9.13 Å². The van der Waals surface area contributed by atoms with Crippen LogP contribution >= 0.6 is 15.0 Å². The molecule has 0 heterocycles. The average Bonchev–Trinajstić information content (AvgIpc) is 2.52. The van der Waals surface area contributed by atoms with Gasteiger partial charge in [0.25, 0.3) is 0 Å². The van der Waals surface area contributed by atoms with Crippen molar-refractivity contribution < 1.29 is 23.8 Å². The van der Waals surface area contributed by atoms with Gasteiger partial charge in [-0.2, -0.15) is 0 Å². The summed E-state index contributed by atoms with van der Waals surface area (Å²) in [6, 6.07) is 0. The third-order valence-electron chi connectivity index (χ3n) is 4.38. The number of rotatable bonds is 14. The minimum absolute atomic E-state index is 0.0932. The van der Waals surface area contributed by atoms with Crippen molar-refractivity contribution in [2.75, 3.05) is 12.1 Å². The summed E-state index contributed by atoms with van der Waals surface area (Å²) in [5, 5.41) is 0. The van der Waals surface area contributed by atoms with E-state index in [0.717, 1.165) is 44.1 Å². The van der Waals surface area contributed by atoms with Gasteiger partial charge >= 0.3 is 7.60 Å². The second kappa shape index (κ2) is 14.3. The fourth-order valence-corrected chi connectivity index (χ4v) is 6.15. The lowest BCUT2D eigenvalue weighted by molar-refractivity contribution is 0.376. The van der Waals surface area contributed by atoms with Crippen molar-refractivity contribution in [3.63, 3.8) is 0 Å². The maximum atomic E-state index is 11.8. The van der Waals surface area contributed by atoms with Gasteiger partial charge in [0.2, 0.25) is 7.37 Å². The van der Waals surface area contributed by atoms with E-state index in [2.05, 4.69) is 38.2 Å². The van der Waals surface area contributed by atoms with E-state index in [9.17, 15) is 14.0 Å². The Kier molecular flexibility index (Phi) is 14.0. The first kappa shape index (κ1) is 27.3. The molecular weight excluding hydrogens is 394 g/mol. The molecule has 0 saturated carbocycles. The normalized spacial score (nSPS) is 16.6. The summed E-state index contributed by atoms with van der Waals surface area (Å²) in [6.45, 7) is 8.35. The summed E-state index contributed by atoms with van der Waals surface area (Å²) in [7, 11) is -8.22. The van der Waals surface area contributed by atoms with Gasteiger partial charge in [-0.1, -0.05) is 47.1 Å². The molecule has 0 rings (SSSR count). The van der Waals surface area contributed by atoms with Gasteiger partial charge in [-0.05, 0) is 72.6 Å². The quantitative estimate of drug-likeness (QED) is 0.214. The van der Waals surface area contributed by atoms with Crippen LogP contribution in [0, 0.1) is 0 Å². The Labute approximate surface area is 171 Å². The minimum atomic E-state index is -4.45. The predicted octanol–water partition coefficient (Wildman–Crippen LogP) is 6.54. The first-order chi connectivity index (χ1) is 12.9. The van der Waals surface area contributed by atoms with Gasteiger partial charge in [0, 0.05) is 6.16 Å². The molecule has 0 saturated heterocycles. The van der Waals surface area contributed by atoms with Crippen molar-refractivity contribution >= 4 is 15.0 Å². The Morgan fingerprint density at radius 2 is 1.18 bits per heavy atom. The van der Waals surface area contributed by atoms with Crippen LogP contribution in [0.1, 0.15) is 72.6 Å². The molecule has 7 heteroatoms. The van der Waals surface area contributed by atoms with Crippen LogP contribution in [0.2, 0.25) is 0 Å². The Morgan fingerprint density at radius 3 is 1.61 bits per heavy atom. The lowest BCUT2D eigenvalue weighted by atomic mass is 10.0. The number of hydrogen-bond donors (Lipinski definition) is 3. The Bertz CT molecular complexity index is 668. The molecule has 0 amide bonds. The Balaban J connectivity index is 4.18. The third kappa shape index (κ3) is 17.4. The van der Waals surface area contributed by atoms with E-state index in [1.807, 2.05) is 19.9 Å². The molecule has 1 unspecified atom stereocenters. The van der Waals surface area contributed by atoms with E-state index in [1.165, 1.54) is 11.1 Å². The minimum Gasteiger partial charge on any atom is -0.344 e. The first-order valence-corrected chi connectivity index (χ1v) is 13.7. The van der Waals surface area contributed by atoms with Crippen LogP contribution in [-0.4, -0.2) is 26.7 Å². The molecule has 0 aromatic carbocycles. The fraction of sp³-hybridized carbons (Fsp3) is 0.619. The van der Waals surface area contributed by atoms with Crippen molar-refractivity contribution in [2.24, 2.45) is 0 Å². The maximum absolute atomic E-state index is 11.8. The second-order valence-electron chi connectivity index (χ2n) is 7.50. The number of allylic oxidation sites excluding steroid dienone is 8. The van der Waals surface area contributed by atoms with Crippen LogP contribution in [0.5, 0.6) is 0 Å². The second-order valence-corrected chi connectivity index (χ2v) is 12.1. The topological polar surface area (TPSA) is 94.8 Å². The van der Waals surface area contributed by atoms with Crippen LogP contribution < -0.4 is 0 Å². The maximum Gasteiger partial charge on any atom is 0.335 e. The zero-order chi connectivity index (χ0) is 21.6. The van der Waals surface area contributed by atoms with Gasteiger partial charge in [0.1, 0.15) is 5.90 Å². The van der Waals surface area contributed by atoms with E-state index in [1.54, 1.807) is 0 Å². The highest BCUT2D eigenvalue weighted by molar-refractivity contribution is 7.72. The summed E-state index contributed by atoms with van der Waals surface area (Å²) in [6.07, 6.45) is 17.1. The SMILES string of the molecule is C/C=C/CC/C(C)=C/CC/C(C)=C/CC/C(C)=C/CCP(=O)(O)CP(=O)(O)O. The molecule has 0 aromatic heterocycles. The number of hydrogen-bond acceptors (Lipinski definition) is 2. The van der Waals surface area contributed by atoms with Crippen molar-refractivity contribution in [3.8, 4) is 0 Å². The van der Waals surface area contributed by atoms with Crippen molar-refractivity contribution in [2.45, 2.75) is 72.6 Å². The standard InChI is InChI=1S/C21H38O5P2/c1-5-6-7-11-19(2)12-8-13-20(3)14-9-15-21(4)16-10-17-27(22,23)18-28(24,25)26/h5-6,12,14,16H,7-11,13,15,17-18H2,1-4H3,(H,22,23)(H2,24,25,26)/b6-5+,19-12+,20-14+,21-16+. The lowest BCUT2D eigenvalue weighted by Gasteiger charge is -2.11. The molecule has 0 aliphatic heterocycles. The molecule has 0 radical (unpaired) electrons. The van der Waals surface area contributed by atoms with E-state index in [4.69, 9.17) is 9.79 Å². The summed E-state index contributed by atoms with van der Waals surface area (Å²) in [5.41, 5.74) is 3.93. The van der Waals surface area contributed by atoms with Gasteiger partial charge in [0.15, 0.2) is 0 Å². The molecule has 0 fully saturated rings. The zero-order valence-electron chi connectivity index (χ0n) is 17.8. The van der Waals surface area contributed by atoms with Crippen LogP contribution in [0.25, 0.3) is 0 Å². The van der Waals surface area contributed by atoms with Crippen LogP contribution in [0.4, 0.5) is 0 Å². The molecule has 1 atom stereocenters. The van der Waals surface area contributed by atoms with Gasteiger partial charge in [-0.25, -0.2) is 0 Å². The molecule has 0 aliphatic carbocycles. The van der Waals surface area contributed by atoms with Crippen molar-refractivity contribution in [1.82, 2.24) is 0 Å². The highest BCUT2D eigenvalue weighted by atomic mass is 31.2. The predicted molar refractivity (Wildman–Crippen MR) is 120 cm³/mol. The third-order valence-corrected chi connectivity index (χ3v) is 8.58. The average molecular weight is 432 g/mol. The summed E-state index contributed by atoms with van der Waals surface area (Å²) in [5.74, 6) is -0.932. The first-order valence-electron chi connectivity index (χ1n) is 9.88. The largest absolute Gasteiger partial charge is 0.344 e. The van der Waals surface area contributed by atoms with Crippen LogP contribution in [0.15, 0.2) is 47.1 Å². The van der Waals surface area contributed by atoms with Crippen molar-refractivity contribution in [3.05, 3.63) is 47.1 Å². The van der Waals surface area contributed by atoms with Gasteiger partial charge in [-0.15, -0.1) is 0 Å². The lowest BCUT2D eigenvalue weighted by Crippen LogP contribution is -1.95. The molecule has 5 nitrogen and oxygen atoms in total. The van der Waals surface area contributed by atoms with Crippen LogP contribution in [0.3, 0.4) is 0 Å². The highest BCUT2D eigenvalue weighted by Crippen LogP contribution is 2.54. The fourth-order valence-electron chi connectivity index (χ4n) is 2.75. The van der Waals surface area contributed by atoms with Gasteiger partial charge < -0.3 is 14.7 Å². The Morgan fingerprint density at radius 1 is 0.750 bits per heavy atom. The summed E-state index contributed by atoms with van der Waals surface area (Å²) in [4.78, 5) is 27.3. The van der Waals surface area contributed by atoms with Gasteiger partial charge in [-0.3, -0.25) is 9.13 Å².